The Morgan fingerprint density at radius 2 is 0.775 bits per heavy atom. The summed E-state index contributed by atoms with van der Waals surface area (Å²) in [5, 5.41) is 87.3. The Bertz CT molecular complexity index is 1390. The van der Waals surface area contributed by atoms with Crippen LogP contribution in [0.15, 0.2) is 12.2 Å². The lowest BCUT2D eigenvalue weighted by atomic mass is 9.97. The number of nitrogens with one attached hydrogen (secondary N) is 1. The zero-order chi connectivity index (χ0) is 58.1. The fourth-order valence-electron chi connectivity index (χ4n) is 11.5. The van der Waals surface area contributed by atoms with E-state index in [0.717, 1.165) is 38.5 Å². The summed E-state index contributed by atoms with van der Waals surface area (Å²) in [6, 6.07) is -0.910. The third-order valence-electron chi connectivity index (χ3n) is 17.0. The number of carbonyl (C=O) groups excluding carboxylic acids is 1. The molecule has 2 aliphatic heterocycles. The van der Waals surface area contributed by atoms with E-state index in [1.54, 1.807) is 6.08 Å². The maximum Gasteiger partial charge on any atom is 0.220 e. The summed E-state index contributed by atoms with van der Waals surface area (Å²) < 4.78 is 22.8. The van der Waals surface area contributed by atoms with E-state index in [2.05, 4.69) is 19.2 Å². The van der Waals surface area contributed by atoms with Crippen LogP contribution < -0.4 is 5.32 Å². The predicted octanol–water partition coefficient (Wildman–Crippen LogP) is 13.0. The molecule has 0 spiro atoms. The number of unbranched alkanes of at least 4 members (excludes halogenated alkanes) is 43. The summed E-state index contributed by atoms with van der Waals surface area (Å²) in [4.78, 5) is 13.3. The van der Waals surface area contributed by atoms with E-state index < -0.39 is 86.8 Å². The minimum atomic E-state index is -1.79. The highest BCUT2D eigenvalue weighted by Gasteiger charge is 2.51. The van der Waals surface area contributed by atoms with Crippen molar-refractivity contribution >= 4 is 5.91 Å². The third kappa shape index (κ3) is 36.5. The Morgan fingerprint density at radius 3 is 1.15 bits per heavy atom. The number of hydrogen-bond acceptors (Lipinski definition) is 13. The molecule has 2 saturated heterocycles. The van der Waals surface area contributed by atoms with Gasteiger partial charge < -0.3 is 65.1 Å². The number of amides is 1. The van der Waals surface area contributed by atoms with Gasteiger partial charge in [0.2, 0.25) is 5.91 Å². The molecular formula is C66H127NO13. The van der Waals surface area contributed by atoms with Crippen molar-refractivity contribution in [3.05, 3.63) is 12.2 Å². The van der Waals surface area contributed by atoms with Gasteiger partial charge in [-0.1, -0.05) is 296 Å². The number of carbonyl (C=O) groups is 1. The molecule has 2 heterocycles. The van der Waals surface area contributed by atoms with Gasteiger partial charge in [0.15, 0.2) is 12.6 Å². The summed E-state index contributed by atoms with van der Waals surface area (Å²) in [5.41, 5.74) is 0. The van der Waals surface area contributed by atoms with E-state index in [4.69, 9.17) is 18.9 Å². The number of aliphatic hydroxyl groups excluding tert-OH is 8. The summed E-state index contributed by atoms with van der Waals surface area (Å²) >= 11 is 0. The van der Waals surface area contributed by atoms with Gasteiger partial charge in [-0.25, -0.2) is 0 Å². The molecule has 0 aromatic rings. The molecule has 0 radical (unpaired) electrons. The highest BCUT2D eigenvalue weighted by Crippen LogP contribution is 2.30. The number of allylic oxidation sites excluding steroid dienone is 1. The van der Waals surface area contributed by atoms with Crippen LogP contribution in [0.25, 0.3) is 0 Å². The van der Waals surface area contributed by atoms with Gasteiger partial charge in [-0.2, -0.15) is 0 Å². The van der Waals surface area contributed by atoms with Gasteiger partial charge in [0, 0.05) is 6.42 Å². The van der Waals surface area contributed by atoms with E-state index in [1.165, 1.54) is 244 Å². The van der Waals surface area contributed by atoms with Crippen molar-refractivity contribution in [3.8, 4) is 0 Å². The van der Waals surface area contributed by atoms with Crippen LogP contribution in [0.2, 0.25) is 0 Å². The Hall–Kier alpha value is -1.27. The molecular weight excluding hydrogens is 1010 g/mol. The largest absolute Gasteiger partial charge is 0.394 e. The minimum absolute atomic E-state index is 0.231. The van der Waals surface area contributed by atoms with Gasteiger partial charge in [0.05, 0.1) is 32.0 Å². The van der Waals surface area contributed by atoms with Crippen molar-refractivity contribution in [2.75, 3.05) is 19.8 Å². The second-order valence-electron chi connectivity index (χ2n) is 24.3. The van der Waals surface area contributed by atoms with Crippen LogP contribution in [0.5, 0.6) is 0 Å². The molecule has 0 aliphatic carbocycles. The average Bonchev–Trinajstić information content (AvgIpc) is 3.46. The summed E-state index contributed by atoms with van der Waals surface area (Å²) in [6.07, 6.45) is 45.5. The lowest BCUT2D eigenvalue weighted by Crippen LogP contribution is -2.65. The van der Waals surface area contributed by atoms with Gasteiger partial charge in [0.25, 0.3) is 0 Å². The number of aliphatic hydroxyl groups is 8. The zero-order valence-electron chi connectivity index (χ0n) is 51.4. The lowest BCUT2D eigenvalue weighted by Gasteiger charge is -2.46. The van der Waals surface area contributed by atoms with Crippen LogP contribution >= 0.6 is 0 Å². The molecule has 1 amide bonds. The number of rotatable bonds is 56. The van der Waals surface area contributed by atoms with E-state index in [9.17, 15) is 45.6 Å². The fraction of sp³-hybridized carbons (Fsp3) is 0.955. The lowest BCUT2D eigenvalue weighted by molar-refractivity contribution is -0.359. The molecule has 2 fully saturated rings. The van der Waals surface area contributed by atoms with Crippen molar-refractivity contribution in [2.24, 2.45) is 0 Å². The van der Waals surface area contributed by atoms with E-state index >= 15 is 0 Å². The van der Waals surface area contributed by atoms with Crippen LogP contribution in [-0.2, 0) is 23.7 Å². The van der Waals surface area contributed by atoms with Crippen LogP contribution in [0.4, 0.5) is 0 Å². The number of hydrogen-bond donors (Lipinski definition) is 9. The molecule has 2 aliphatic rings. The van der Waals surface area contributed by atoms with Gasteiger partial charge in [-0.15, -0.1) is 0 Å². The van der Waals surface area contributed by atoms with Crippen molar-refractivity contribution in [2.45, 2.75) is 383 Å². The van der Waals surface area contributed by atoms with Crippen LogP contribution in [0.3, 0.4) is 0 Å². The molecule has 0 aromatic heterocycles. The summed E-state index contributed by atoms with van der Waals surface area (Å²) in [6.45, 7) is 2.85. The van der Waals surface area contributed by atoms with Crippen LogP contribution in [-0.4, -0.2) is 140 Å². The summed E-state index contributed by atoms with van der Waals surface area (Å²) in [5.74, 6) is -0.231. The molecule has 0 bridgehead atoms. The fourth-order valence-corrected chi connectivity index (χ4v) is 11.5. The maximum absolute atomic E-state index is 13.3. The van der Waals surface area contributed by atoms with Crippen LogP contribution in [0.1, 0.15) is 309 Å². The van der Waals surface area contributed by atoms with Crippen LogP contribution in [0, 0.1) is 0 Å². The van der Waals surface area contributed by atoms with Crippen molar-refractivity contribution in [1.29, 1.82) is 0 Å². The third-order valence-corrected chi connectivity index (χ3v) is 17.0. The minimum Gasteiger partial charge on any atom is -0.394 e. The molecule has 0 aromatic carbocycles. The smallest absolute Gasteiger partial charge is 0.220 e. The zero-order valence-corrected chi connectivity index (χ0v) is 51.4. The highest BCUT2D eigenvalue weighted by molar-refractivity contribution is 5.76. The Morgan fingerprint density at radius 1 is 0.438 bits per heavy atom. The van der Waals surface area contributed by atoms with E-state index in [0.29, 0.717) is 6.42 Å². The molecule has 80 heavy (non-hydrogen) atoms. The molecule has 12 unspecified atom stereocenters. The second-order valence-corrected chi connectivity index (χ2v) is 24.3. The monoisotopic (exact) mass is 1140 g/mol. The predicted molar refractivity (Wildman–Crippen MR) is 323 cm³/mol. The molecule has 474 valence electrons. The molecule has 9 N–H and O–H groups in total. The molecule has 2 rings (SSSR count). The quantitative estimate of drug-likeness (QED) is 0.0204. The molecule has 14 heteroatoms. The van der Waals surface area contributed by atoms with Crippen molar-refractivity contribution in [1.82, 2.24) is 5.32 Å². The molecule has 0 saturated carbocycles. The first-order valence-electron chi connectivity index (χ1n) is 33.9. The standard InChI is InChI=1S/C66H127NO13/c1-3-5-7-9-11-13-15-17-19-21-23-24-25-26-27-28-29-30-32-34-36-38-40-42-44-46-48-50-58(71)67-54(55(70)49-47-45-43-41-39-37-35-33-31-22-20-18-16-14-12-10-8-6-4-2)53-77-65-63(76)61(74)64(57(52-69)79-65)80-66-62(75)60(73)59(72)56(51-68)78-66/h47,49,54-57,59-66,68-70,72-76H,3-46,48,50-53H2,1-2H3,(H,67,71)/b49-47+. The highest BCUT2D eigenvalue weighted by atomic mass is 16.7. The van der Waals surface area contributed by atoms with Gasteiger partial charge in [-0.05, 0) is 19.3 Å². The molecule has 14 nitrogen and oxygen atoms in total. The number of ether oxygens (including phenoxy) is 4. The van der Waals surface area contributed by atoms with E-state index in [-0.39, 0.29) is 18.9 Å². The second kappa shape index (κ2) is 52.1. The topological polar surface area (TPSA) is 228 Å². The Kier molecular flexibility index (Phi) is 48.7. The first kappa shape index (κ1) is 74.8. The maximum atomic E-state index is 13.3. The van der Waals surface area contributed by atoms with Crippen molar-refractivity contribution in [3.63, 3.8) is 0 Å². The SMILES string of the molecule is CCCCCCCCCCCCCCCCCCC/C=C/C(O)C(COC1OC(CO)C(OC2OC(CO)C(O)C(O)C2O)C(O)C1O)NC(=O)CCCCCCCCCCCCCCCCCCCCCCCCCCCCC. The Balaban J connectivity index is 1.68. The van der Waals surface area contributed by atoms with Crippen molar-refractivity contribution < 1.29 is 64.6 Å². The first-order valence-corrected chi connectivity index (χ1v) is 33.9. The van der Waals surface area contributed by atoms with Gasteiger partial charge in [-0.3, -0.25) is 4.79 Å². The molecule has 12 atom stereocenters. The first-order chi connectivity index (χ1) is 39.1. The van der Waals surface area contributed by atoms with E-state index in [1.807, 2.05) is 6.08 Å². The Labute approximate surface area is 488 Å². The average molecular weight is 1140 g/mol. The van der Waals surface area contributed by atoms with Gasteiger partial charge in [0.1, 0.15) is 48.8 Å². The normalized spacial score (nSPS) is 24.2. The summed E-state index contributed by atoms with van der Waals surface area (Å²) in [7, 11) is 0. The van der Waals surface area contributed by atoms with Gasteiger partial charge >= 0.3 is 0 Å².